The van der Waals surface area contributed by atoms with Gasteiger partial charge in [-0.2, -0.15) is 0 Å². The molecule has 4 nitrogen and oxygen atoms in total. The van der Waals surface area contributed by atoms with E-state index in [-0.39, 0.29) is 12.8 Å². The highest BCUT2D eigenvalue weighted by atomic mass is 35.5. The minimum Gasteiger partial charge on any atom is -0.454 e. The first-order valence-electron chi connectivity index (χ1n) is 9.21. The molecule has 29 heavy (non-hydrogen) atoms. The molecular formula is C24H16ClO4. The molecule has 3 aromatic rings. The van der Waals surface area contributed by atoms with E-state index in [4.69, 9.17) is 25.8 Å². The molecule has 0 amide bonds. The first-order valence-corrected chi connectivity index (χ1v) is 9.59. The third kappa shape index (κ3) is 3.36. The van der Waals surface area contributed by atoms with Gasteiger partial charge in [0, 0.05) is 16.2 Å². The van der Waals surface area contributed by atoms with Gasteiger partial charge in [0.15, 0.2) is 11.5 Å². The van der Waals surface area contributed by atoms with Crippen LogP contribution in [0.15, 0.2) is 78.4 Å². The monoisotopic (exact) mass is 403 g/mol. The molecular weight excluding hydrogens is 388 g/mol. The lowest BCUT2D eigenvalue weighted by Crippen LogP contribution is -2.05. The lowest BCUT2D eigenvalue weighted by Gasteiger charge is -2.13. The van der Waals surface area contributed by atoms with E-state index in [0.717, 1.165) is 22.3 Å². The van der Waals surface area contributed by atoms with Gasteiger partial charge in [0.25, 0.3) is 0 Å². The van der Waals surface area contributed by atoms with Crippen molar-refractivity contribution in [1.82, 2.24) is 0 Å². The van der Waals surface area contributed by atoms with Crippen LogP contribution in [0.2, 0.25) is 5.02 Å². The fraction of sp³-hybridized carbons (Fsp3) is 0.0833. The van der Waals surface area contributed by atoms with E-state index in [2.05, 4.69) is 0 Å². The SMILES string of the molecule is O=C1O[C](c2ccc(Cl)cc2)C(Cc2ccccc2)=C1c1ccc2c(c1)OCO2. The maximum Gasteiger partial charge on any atom is 0.340 e. The first-order chi connectivity index (χ1) is 14.2. The summed E-state index contributed by atoms with van der Waals surface area (Å²) in [6.45, 7) is 0.182. The van der Waals surface area contributed by atoms with E-state index < -0.39 is 0 Å². The molecule has 0 bridgehead atoms. The van der Waals surface area contributed by atoms with Crippen molar-refractivity contribution < 1.29 is 19.0 Å². The summed E-state index contributed by atoms with van der Waals surface area (Å²) in [5, 5.41) is 0.628. The zero-order valence-electron chi connectivity index (χ0n) is 15.4. The minimum absolute atomic E-state index is 0.182. The van der Waals surface area contributed by atoms with Crippen LogP contribution >= 0.6 is 11.6 Å². The fourth-order valence-electron chi connectivity index (χ4n) is 3.59. The summed E-state index contributed by atoms with van der Waals surface area (Å²) in [5.41, 5.74) is 4.02. The number of carbonyl (C=O) groups is 1. The highest BCUT2D eigenvalue weighted by Crippen LogP contribution is 2.43. The predicted molar refractivity (Wildman–Crippen MR) is 110 cm³/mol. The maximum absolute atomic E-state index is 12.9. The summed E-state index contributed by atoms with van der Waals surface area (Å²) in [6.07, 6.45) is 1.12. The van der Waals surface area contributed by atoms with Crippen molar-refractivity contribution >= 4 is 23.1 Å². The van der Waals surface area contributed by atoms with Crippen LogP contribution < -0.4 is 9.47 Å². The maximum atomic E-state index is 12.9. The van der Waals surface area contributed by atoms with Crippen molar-refractivity contribution in [3.05, 3.63) is 106 Å². The predicted octanol–water partition coefficient (Wildman–Crippen LogP) is 5.20. The van der Waals surface area contributed by atoms with Gasteiger partial charge in [0.2, 0.25) is 12.9 Å². The van der Waals surface area contributed by atoms with Crippen LogP contribution in [0, 0.1) is 6.10 Å². The summed E-state index contributed by atoms with van der Waals surface area (Å²) in [4.78, 5) is 12.9. The van der Waals surface area contributed by atoms with E-state index >= 15 is 0 Å². The Morgan fingerprint density at radius 1 is 0.828 bits per heavy atom. The summed E-state index contributed by atoms with van der Waals surface area (Å²) in [5.74, 6) is 0.925. The molecule has 5 rings (SSSR count). The van der Waals surface area contributed by atoms with Gasteiger partial charge in [-0.1, -0.05) is 60.1 Å². The van der Waals surface area contributed by atoms with E-state index in [1.54, 1.807) is 12.1 Å². The Balaban J connectivity index is 1.63. The van der Waals surface area contributed by atoms with Crippen LogP contribution in [0.5, 0.6) is 11.5 Å². The van der Waals surface area contributed by atoms with Crippen molar-refractivity contribution in [2.24, 2.45) is 0 Å². The van der Waals surface area contributed by atoms with Gasteiger partial charge >= 0.3 is 5.97 Å². The van der Waals surface area contributed by atoms with Gasteiger partial charge in [0.1, 0.15) is 0 Å². The summed E-state index contributed by atoms with van der Waals surface area (Å²) in [7, 11) is 0. The van der Waals surface area contributed by atoms with Gasteiger partial charge in [-0.15, -0.1) is 0 Å². The summed E-state index contributed by atoms with van der Waals surface area (Å²) in [6, 6.07) is 22.8. The van der Waals surface area contributed by atoms with E-state index in [1.807, 2.05) is 60.7 Å². The molecule has 0 atom stereocenters. The van der Waals surface area contributed by atoms with Crippen molar-refractivity contribution in [1.29, 1.82) is 0 Å². The zero-order valence-corrected chi connectivity index (χ0v) is 16.1. The highest BCUT2D eigenvalue weighted by Gasteiger charge is 2.37. The molecule has 0 saturated heterocycles. The van der Waals surface area contributed by atoms with E-state index in [0.29, 0.717) is 34.6 Å². The zero-order chi connectivity index (χ0) is 19.8. The van der Waals surface area contributed by atoms with Crippen LogP contribution in [-0.4, -0.2) is 12.8 Å². The quantitative estimate of drug-likeness (QED) is 0.561. The number of hydrogen-bond donors (Lipinski definition) is 0. The molecule has 1 radical (unpaired) electrons. The number of carbonyl (C=O) groups excluding carboxylic acids is 1. The summed E-state index contributed by atoms with van der Waals surface area (Å²) >= 11 is 6.04. The van der Waals surface area contributed by atoms with Crippen LogP contribution in [0.3, 0.4) is 0 Å². The summed E-state index contributed by atoms with van der Waals surface area (Å²) < 4.78 is 16.6. The lowest BCUT2D eigenvalue weighted by atomic mass is 9.90. The fourth-order valence-corrected chi connectivity index (χ4v) is 3.72. The Labute approximate surface area is 173 Å². The van der Waals surface area contributed by atoms with Crippen molar-refractivity contribution in [3.63, 3.8) is 0 Å². The van der Waals surface area contributed by atoms with Crippen molar-refractivity contribution in [2.75, 3.05) is 6.79 Å². The molecule has 2 heterocycles. The topological polar surface area (TPSA) is 44.8 Å². The second-order valence-electron chi connectivity index (χ2n) is 6.81. The molecule has 3 aromatic carbocycles. The number of benzene rings is 3. The molecule has 5 heteroatoms. The third-order valence-corrected chi connectivity index (χ3v) is 5.22. The largest absolute Gasteiger partial charge is 0.454 e. The van der Waals surface area contributed by atoms with Crippen LogP contribution in [-0.2, 0) is 16.0 Å². The van der Waals surface area contributed by atoms with E-state index in [9.17, 15) is 4.79 Å². The van der Waals surface area contributed by atoms with Crippen molar-refractivity contribution in [2.45, 2.75) is 6.42 Å². The Morgan fingerprint density at radius 3 is 2.34 bits per heavy atom. The molecule has 2 aliphatic rings. The normalized spacial score (nSPS) is 15.7. The van der Waals surface area contributed by atoms with Gasteiger partial charge in [-0.3, -0.25) is 0 Å². The van der Waals surface area contributed by atoms with Crippen LogP contribution in [0.4, 0.5) is 0 Å². The molecule has 0 spiro atoms. The molecule has 0 N–H and O–H groups in total. The number of fused-ring (bicyclic) bond motifs is 1. The average Bonchev–Trinajstić information content (AvgIpc) is 3.33. The molecule has 0 aliphatic carbocycles. The Morgan fingerprint density at radius 2 is 1.55 bits per heavy atom. The number of cyclic esters (lactones) is 1. The molecule has 0 aromatic heterocycles. The molecule has 0 fully saturated rings. The first kappa shape index (κ1) is 17.8. The number of rotatable bonds is 4. The average molecular weight is 404 g/mol. The van der Waals surface area contributed by atoms with Gasteiger partial charge in [-0.05, 0) is 41.8 Å². The second-order valence-corrected chi connectivity index (χ2v) is 7.25. The van der Waals surface area contributed by atoms with Gasteiger partial charge < -0.3 is 14.2 Å². The Kier molecular flexibility index (Phi) is 4.49. The second kappa shape index (κ2) is 7.30. The third-order valence-electron chi connectivity index (χ3n) is 4.97. The minimum atomic E-state index is -0.375. The molecule has 0 unspecified atom stereocenters. The number of ether oxygens (including phenoxy) is 3. The van der Waals surface area contributed by atoms with Crippen molar-refractivity contribution in [3.8, 4) is 11.5 Å². The standard InChI is InChI=1S/C24H16ClO4/c25-18-9-6-16(7-10-18)23-19(12-15-4-2-1-3-5-15)22(24(26)29-23)17-8-11-20-21(13-17)28-14-27-20/h1-11,13H,12,14H2. The highest BCUT2D eigenvalue weighted by molar-refractivity contribution is 6.30. The lowest BCUT2D eigenvalue weighted by molar-refractivity contribution is -0.133. The number of hydrogen-bond acceptors (Lipinski definition) is 4. The number of esters is 1. The van der Waals surface area contributed by atoms with E-state index in [1.165, 1.54) is 0 Å². The Hall–Kier alpha value is -3.24. The van der Waals surface area contributed by atoms with Gasteiger partial charge in [-0.25, -0.2) is 4.79 Å². The molecule has 143 valence electrons. The van der Waals surface area contributed by atoms with Crippen LogP contribution in [0.25, 0.3) is 5.57 Å². The molecule has 2 aliphatic heterocycles. The van der Waals surface area contributed by atoms with Crippen LogP contribution in [0.1, 0.15) is 16.7 Å². The number of halogens is 1. The Bertz CT molecular complexity index is 1100. The smallest absolute Gasteiger partial charge is 0.340 e. The van der Waals surface area contributed by atoms with Gasteiger partial charge in [0.05, 0.1) is 5.57 Å². The molecule has 0 saturated carbocycles.